The van der Waals surface area contributed by atoms with E-state index in [2.05, 4.69) is 5.32 Å². The van der Waals surface area contributed by atoms with Crippen LogP contribution >= 0.6 is 0 Å². The molecule has 1 aliphatic rings. The SMILES string of the molecule is COc1c(F)cc(CC2CCNCC2)c(C)c1O. The minimum absolute atomic E-state index is 0.0541. The van der Waals surface area contributed by atoms with E-state index in [1.54, 1.807) is 0 Å². The van der Waals surface area contributed by atoms with Crippen molar-refractivity contribution in [2.24, 2.45) is 5.92 Å². The Morgan fingerprint density at radius 2 is 2.11 bits per heavy atom. The van der Waals surface area contributed by atoms with Gasteiger partial charge in [-0.3, -0.25) is 0 Å². The van der Waals surface area contributed by atoms with Crippen molar-refractivity contribution >= 4 is 0 Å². The molecule has 0 unspecified atom stereocenters. The number of ether oxygens (including phenoxy) is 1. The lowest BCUT2D eigenvalue weighted by molar-refractivity contribution is 0.345. The van der Waals surface area contributed by atoms with E-state index in [9.17, 15) is 9.50 Å². The number of methoxy groups -OCH3 is 1. The molecule has 0 radical (unpaired) electrons. The Morgan fingerprint density at radius 1 is 1.44 bits per heavy atom. The molecule has 0 amide bonds. The van der Waals surface area contributed by atoms with E-state index in [1.807, 2.05) is 6.92 Å². The van der Waals surface area contributed by atoms with Gasteiger partial charge in [-0.25, -0.2) is 4.39 Å². The maximum atomic E-state index is 13.7. The predicted octanol–water partition coefficient (Wildman–Crippen LogP) is 2.39. The molecule has 3 nitrogen and oxygen atoms in total. The molecule has 0 spiro atoms. The smallest absolute Gasteiger partial charge is 0.196 e. The van der Waals surface area contributed by atoms with Crippen LogP contribution in [0.5, 0.6) is 11.5 Å². The Labute approximate surface area is 107 Å². The summed E-state index contributed by atoms with van der Waals surface area (Å²) in [5.74, 6) is -0.0373. The number of phenolic OH excluding ortho intramolecular Hbond substituents is 1. The number of nitrogens with one attached hydrogen (secondary N) is 1. The maximum Gasteiger partial charge on any atom is 0.196 e. The van der Waals surface area contributed by atoms with E-state index in [0.717, 1.165) is 43.5 Å². The average molecular weight is 253 g/mol. The van der Waals surface area contributed by atoms with Crippen molar-refractivity contribution in [3.8, 4) is 11.5 Å². The molecule has 2 rings (SSSR count). The Kier molecular flexibility index (Phi) is 4.07. The molecule has 0 bridgehead atoms. The lowest BCUT2D eigenvalue weighted by Gasteiger charge is -2.23. The first kappa shape index (κ1) is 13.1. The van der Waals surface area contributed by atoms with Gasteiger partial charge in [-0.15, -0.1) is 0 Å². The number of halogens is 1. The third-order valence-corrected chi connectivity index (χ3v) is 3.74. The zero-order valence-corrected chi connectivity index (χ0v) is 10.9. The van der Waals surface area contributed by atoms with Gasteiger partial charge in [0.1, 0.15) is 0 Å². The molecule has 1 aromatic rings. The van der Waals surface area contributed by atoms with Gasteiger partial charge in [-0.2, -0.15) is 0 Å². The molecule has 1 heterocycles. The van der Waals surface area contributed by atoms with E-state index in [1.165, 1.54) is 13.2 Å². The van der Waals surface area contributed by atoms with Crippen LogP contribution in [0.15, 0.2) is 6.07 Å². The van der Waals surface area contributed by atoms with Crippen molar-refractivity contribution in [3.63, 3.8) is 0 Å². The Hall–Kier alpha value is -1.29. The highest BCUT2D eigenvalue weighted by Crippen LogP contribution is 2.36. The van der Waals surface area contributed by atoms with E-state index in [-0.39, 0.29) is 11.5 Å². The summed E-state index contributed by atoms with van der Waals surface area (Å²) in [6.07, 6.45) is 3.03. The molecule has 0 saturated carbocycles. The molecule has 1 aromatic carbocycles. The number of phenols is 1. The molecule has 18 heavy (non-hydrogen) atoms. The topological polar surface area (TPSA) is 41.5 Å². The first-order chi connectivity index (χ1) is 8.63. The second-order valence-electron chi connectivity index (χ2n) is 4.92. The summed E-state index contributed by atoms with van der Waals surface area (Å²) < 4.78 is 18.6. The second kappa shape index (κ2) is 5.57. The predicted molar refractivity (Wildman–Crippen MR) is 68.7 cm³/mol. The maximum absolute atomic E-state index is 13.7. The quantitative estimate of drug-likeness (QED) is 0.869. The Morgan fingerprint density at radius 3 is 2.72 bits per heavy atom. The average Bonchev–Trinajstić information content (AvgIpc) is 2.37. The summed E-state index contributed by atoms with van der Waals surface area (Å²) in [5.41, 5.74) is 1.62. The number of hydrogen-bond acceptors (Lipinski definition) is 3. The summed E-state index contributed by atoms with van der Waals surface area (Å²) in [5, 5.41) is 13.2. The lowest BCUT2D eigenvalue weighted by Crippen LogP contribution is -2.28. The Bertz CT molecular complexity index is 428. The van der Waals surface area contributed by atoms with Crippen molar-refractivity contribution in [2.45, 2.75) is 26.2 Å². The summed E-state index contributed by atoms with van der Waals surface area (Å²) in [6.45, 7) is 3.86. The molecule has 1 aliphatic heterocycles. The fourth-order valence-electron chi connectivity index (χ4n) is 2.57. The van der Waals surface area contributed by atoms with Gasteiger partial charge in [0.15, 0.2) is 17.3 Å². The van der Waals surface area contributed by atoms with Crippen molar-refractivity contribution in [3.05, 3.63) is 23.0 Å². The highest BCUT2D eigenvalue weighted by Gasteiger charge is 2.19. The zero-order chi connectivity index (χ0) is 13.1. The van der Waals surface area contributed by atoms with Crippen molar-refractivity contribution in [1.29, 1.82) is 0 Å². The number of rotatable bonds is 3. The molecule has 100 valence electrons. The normalized spacial score (nSPS) is 16.8. The van der Waals surface area contributed by atoms with Crippen molar-refractivity contribution < 1.29 is 14.2 Å². The van der Waals surface area contributed by atoms with Crippen LogP contribution in [0, 0.1) is 18.7 Å². The van der Waals surface area contributed by atoms with Crippen LogP contribution in [-0.4, -0.2) is 25.3 Å². The van der Waals surface area contributed by atoms with Gasteiger partial charge in [0.25, 0.3) is 0 Å². The molecule has 0 atom stereocenters. The lowest BCUT2D eigenvalue weighted by atomic mass is 9.89. The van der Waals surface area contributed by atoms with Crippen LogP contribution in [0.25, 0.3) is 0 Å². The number of hydrogen-bond donors (Lipinski definition) is 2. The van der Waals surface area contributed by atoms with E-state index >= 15 is 0 Å². The van der Waals surface area contributed by atoms with Gasteiger partial charge in [-0.05, 0) is 62.4 Å². The molecule has 2 N–H and O–H groups in total. The number of aromatic hydroxyl groups is 1. The molecular weight excluding hydrogens is 233 g/mol. The van der Waals surface area contributed by atoms with E-state index < -0.39 is 5.82 Å². The zero-order valence-electron chi connectivity index (χ0n) is 10.9. The largest absolute Gasteiger partial charge is 0.504 e. The monoisotopic (exact) mass is 253 g/mol. The first-order valence-electron chi connectivity index (χ1n) is 6.39. The summed E-state index contributed by atoms with van der Waals surface area (Å²) in [4.78, 5) is 0. The summed E-state index contributed by atoms with van der Waals surface area (Å²) in [7, 11) is 1.37. The minimum Gasteiger partial charge on any atom is -0.504 e. The fraction of sp³-hybridized carbons (Fsp3) is 0.571. The summed E-state index contributed by atoms with van der Waals surface area (Å²) >= 11 is 0. The van der Waals surface area contributed by atoms with Crippen LogP contribution < -0.4 is 10.1 Å². The first-order valence-corrected chi connectivity index (χ1v) is 6.39. The van der Waals surface area contributed by atoms with Gasteiger partial charge in [0.05, 0.1) is 7.11 Å². The third kappa shape index (κ3) is 2.58. The number of piperidine rings is 1. The van der Waals surface area contributed by atoms with Crippen LogP contribution in [0.1, 0.15) is 24.0 Å². The van der Waals surface area contributed by atoms with Gasteiger partial charge in [0.2, 0.25) is 0 Å². The highest BCUT2D eigenvalue weighted by atomic mass is 19.1. The van der Waals surface area contributed by atoms with Crippen LogP contribution in [-0.2, 0) is 6.42 Å². The molecule has 4 heteroatoms. The Balaban J connectivity index is 2.22. The summed E-state index contributed by atoms with van der Waals surface area (Å²) in [6, 6.07) is 1.50. The molecular formula is C14H20FNO2. The van der Waals surface area contributed by atoms with Crippen LogP contribution in [0.4, 0.5) is 4.39 Å². The fourth-order valence-corrected chi connectivity index (χ4v) is 2.57. The van der Waals surface area contributed by atoms with E-state index in [4.69, 9.17) is 4.74 Å². The molecule has 1 fully saturated rings. The van der Waals surface area contributed by atoms with Gasteiger partial charge < -0.3 is 15.2 Å². The van der Waals surface area contributed by atoms with Crippen molar-refractivity contribution in [2.75, 3.05) is 20.2 Å². The van der Waals surface area contributed by atoms with Crippen LogP contribution in [0.2, 0.25) is 0 Å². The van der Waals surface area contributed by atoms with Crippen LogP contribution in [0.3, 0.4) is 0 Å². The standard InChI is InChI=1S/C14H20FNO2/c1-9-11(7-10-3-5-16-6-4-10)8-12(15)14(18-2)13(9)17/h8,10,16-17H,3-7H2,1-2H3. The van der Waals surface area contributed by atoms with Gasteiger partial charge in [-0.1, -0.05) is 0 Å². The molecule has 1 saturated heterocycles. The van der Waals surface area contributed by atoms with Gasteiger partial charge >= 0.3 is 0 Å². The highest BCUT2D eigenvalue weighted by molar-refractivity contribution is 5.50. The van der Waals surface area contributed by atoms with Crippen molar-refractivity contribution in [1.82, 2.24) is 5.32 Å². The second-order valence-corrected chi connectivity index (χ2v) is 4.92. The third-order valence-electron chi connectivity index (χ3n) is 3.74. The van der Waals surface area contributed by atoms with Gasteiger partial charge in [0, 0.05) is 0 Å². The van der Waals surface area contributed by atoms with E-state index in [0.29, 0.717) is 5.92 Å². The molecule has 0 aliphatic carbocycles. The number of benzene rings is 1. The minimum atomic E-state index is -0.482. The molecule has 0 aromatic heterocycles.